The quantitative estimate of drug-likeness (QED) is 0.520. The smallest absolute Gasteiger partial charge is 0.410 e. The van der Waals surface area contributed by atoms with Gasteiger partial charge >= 0.3 is 18.0 Å². The van der Waals surface area contributed by atoms with Gasteiger partial charge in [0.25, 0.3) is 5.79 Å². The van der Waals surface area contributed by atoms with E-state index in [1.807, 2.05) is 20.8 Å². The van der Waals surface area contributed by atoms with E-state index in [0.717, 1.165) is 0 Å². The third-order valence-electron chi connectivity index (χ3n) is 4.36. The van der Waals surface area contributed by atoms with Crippen LogP contribution in [-0.2, 0) is 28.6 Å². The third-order valence-corrected chi connectivity index (χ3v) is 4.36. The van der Waals surface area contributed by atoms with Crippen molar-refractivity contribution < 1.29 is 33.4 Å². The Morgan fingerprint density at radius 3 is 2.04 bits per heavy atom. The minimum Gasteiger partial charge on any atom is -0.444 e. The number of piperidine rings is 1. The van der Waals surface area contributed by atoms with Gasteiger partial charge in [0.05, 0.1) is 0 Å². The number of carbonyl (C=O) groups excluding carboxylic acids is 4. The molecule has 2 heterocycles. The van der Waals surface area contributed by atoms with Crippen LogP contribution in [0.3, 0.4) is 0 Å². The van der Waals surface area contributed by atoms with Crippen molar-refractivity contribution in [2.75, 3.05) is 6.54 Å². The molecule has 0 aromatic carbocycles. The molecule has 1 amide bonds. The van der Waals surface area contributed by atoms with Crippen molar-refractivity contribution in [3.8, 4) is 0 Å². The second-order valence-electron chi connectivity index (χ2n) is 8.32. The fraction of sp³-hybridized carbons (Fsp3) is 0.800. The first-order valence-corrected chi connectivity index (χ1v) is 9.80. The van der Waals surface area contributed by atoms with Crippen LogP contribution in [0, 0.1) is 11.8 Å². The summed E-state index contributed by atoms with van der Waals surface area (Å²) in [7, 11) is 0. The molecule has 2 rings (SSSR count). The van der Waals surface area contributed by atoms with Gasteiger partial charge in [-0.05, 0) is 40.5 Å². The van der Waals surface area contributed by atoms with Gasteiger partial charge in [-0.25, -0.2) is 4.79 Å². The molecule has 0 spiro atoms. The minimum absolute atomic E-state index is 0.250. The van der Waals surface area contributed by atoms with Crippen LogP contribution in [0.4, 0.5) is 4.79 Å². The Morgan fingerprint density at radius 2 is 1.61 bits per heavy atom. The Labute approximate surface area is 166 Å². The molecule has 0 aliphatic carbocycles. The SMILES string of the molecule is CC.CC1CC(C(=O)C2C(=O)OC(C)(C)OC2=O)CCN1C(=O)OC(C)(C)C. The summed E-state index contributed by atoms with van der Waals surface area (Å²) in [6.07, 6.45) is 0.260. The molecular formula is C20H33NO7. The van der Waals surface area contributed by atoms with Crippen molar-refractivity contribution in [3.63, 3.8) is 0 Å². The molecule has 28 heavy (non-hydrogen) atoms. The molecule has 0 aromatic rings. The number of cyclic esters (lactones) is 2. The van der Waals surface area contributed by atoms with Gasteiger partial charge in [0, 0.05) is 32.4 Å². The number of carbonyl (C=O) groups is 4. The topological polar surface area (TPSA) is 99.2 Å². The molecule has 0 radical (unpaired) electrons. The summed E-state index contributed by atoms with van der Waals surface area (Å²) in [5.41, 5.74) is -0.605. The van der Waals surface area contributed by atoms with E-state index in [2.05, 4.69) is 0 Å². The number of ether oxygens (including phenoxy) is 3. The van der Waals surface area contributed by atoms with Crippen LogP contribution in [-0.4, -0.2) is 52.7 Å². The molecule has 8 nitrogen and oxygen atoms in total. The zero-order valence-corrected chi connectivity index (χ0v) is 18.2. The summed E-state index contributed by atoms with van der Waals surface area (Å²) in [5.74, 6) is -5.69. The molecule has 0 bridgehead atoms. The van der Waals surface area contributed by atoms with E-state index in [4.69, 9.17) is 14.2 Å². The first-order valence-electron chi connectivity index (χ1n) is 9.80. The largest absolute Gasteiger partial charge is 0.444 e. The van der Waals surface area contributed by atoms with Gasteiger partial charge in [-0.2, -0.15) is 0 Å². The third kappa shape index (κ3) is 5.94. The van der Waals surface area contributed by atoms with Gasteiger partial charge in [-0.15, -0.1) is 0 Å². The van der Waals surface area contributed by atoms with Gasteiger partial charge in [0.15, 0.2) is 5.78 Å². The molecule has 2 aliphatic rings. The predicted octanol–water partition coefficient (Wildman–Crippen LogP) is 3.07. The molecule has 0 aromatic heterocycles. The highest BCUT2D eigenvalue weighted by atomic mass is 16.7. The van der Waals surface area contributed by atoms with E-state index in [-0.39, 0.29) is 6.04 Å². The van der Waals surface area contributed by atoms with E-state index in [9.17, 15) is 19.2 Å². The maximum atomic E-state index is 12.7. The van der Waals surface area contributed by atoms with Crippen molar-refractivity contribution in [1.29, 1.82) is 0 Å². The lowest BCUT2D eigenvalue weighted by Gasteiger charge is -2.39. The number of nitrogens with zero attached hydrogens (tertiary/aromatic N) is 1. The summed E-state index contributed by atoms with van der Waals surface area (Å²) in [4.78, 5) is 50.7. The fourth-order valence-corrected chi connectivity index (χ4v) is 3.21. The zero-order valence-electron chi connectivity index (χ0n) is 18.2. The van der Waals surface area contributed by atoms with Crippen LogP contribution in [0.25, 0.3) is 0 Å². The maximum Gasteiger partial charge on any atom is 0.410 e. The summed E-state index contributed by atoms with van der Waals surface area (Å²) >= 11 is 0. The molecular weight excluding hydrogens is 366 g/mol. The Balaban J connectivity index is 0.00000190. The summed E-state index contributed by atoms with van der Waals surface area (Å²) < 4.78 is 15.4. The molecule has 2 saturated heterocycles. The van der Waals surface area contributed by atoms with Crippen molar-refractivity contribution >= 4 is 23.8 Å². The number of esters is 2. The van der Waals surface area contributed by atoms with Crippen LogP contribution in [0.1, 0.15) is 68.2 Å². The molecule has 2 atom stereocenters. The molecule has 2 fully saturated rings. The molecule has 160 valence electrons. The maximum absolute atomic E-state index is 12.7. The summed E-state index contributed by atoms with van der Waals surface area (Å²) in [5, 5.41) is 0. The monoisotopic (exact) mass is 399 g/mol. The highest BCUT2D eigenvalue weighted by Gasteiger charge is 2.49. The first kappa shape index (κ1) is 23.9. The van der Waals surface area contributed by atoms with Gasteiger partial charge in [0.2, 0.25) is 5.92 Å². The van der Waals surface area contributed by atoms with Crippen LogP contribution in [0.15, 0.2) is 0 Å². The Kier molecular flexibility index (Phi) is 7.62. The average molecular weight is 399 g/mol. The van der Waals surface area contributed by atoms with Gasteiger partial charge < -0.3 is 19.1 Å². The average Bonchev–Trinajstić information content (AvgIpc) is 2.52. The standard InChI is InChI=1S/C18H27NO7.C2H6/c1-10-9-11(7-8-19(10)16(23)26-17(2,3)4)13(20)12-14(21)24-18(5,6)25-15(12)22;1-2/h10-12H,7-9H2,1-6H3;1-2H3. The number of rotatable bonds is 2. The van der Waals surface area contributed by atoms with E-state index in [1.54, 1.807) is 25.7 Å². The Morgan fingerprint density at radius 1 is 1.11 bits per heavy atom. The van der Waals surface area contributed by atoms with Crippen molar-refractivity contribution in [2.45, 2.75) is 85.7 Å². The lowest BCUT2D eigenvalue weighted by Crippen LogP contribution is -2.53. The van der Waals surface area contributed by atoms with Crippen LogP contribution >= 0.6 is 0 Å². The van der Waals surface area contributed by atoms with Crippen LogP contribution in [0.5, 0.6) is 0 Å². The number of hydrogen-bond donors (Lipinski definition) is 0. The predicted molar refractivity (Wildman–Crippen MR) is 101 cm³/mol. The second kappa shape index (κ2) is 8.92. The van der Waals surface area contributed by atoms with E-state index >= 15 is 0 Å². The van der Waals surface area contributed by atoms with Crippen LogP contribution in [0.2, 0.25) is 0 Å². The Hall–Kier alpha value is -2.12. The number of amides is 1. The highest BCUT2D eigenvalue weighted by molar-refractivity contribution is 6.16. The number of hydrogen-bond acceptors (Lipinski definition) is 7. The molecule has 2 unspecified atom stereocenters. The molecule has 8 heteroatoms. The number of Topliss-reactive ketones (excluding diaryl/α,β-unsaturated/α-hetero) is 1. The highest BCUT2D eigenvalue weighted by Crippen LogP contribution is 2.31. The lowest BCUT2D eigenvalue weighted by molar-refractivity contribution is -0.238. The van der Waals surface area contributed by atoms with Crippen molar-refractivity contribution in [2.24, 2.45) is 11.8 Å². The zero-order chi connectivity index (χ0) is 21.9. The Bertz CT molecular complexity index is 601. The van der Waals surface area contributed by atoms with Gasteiger partial charge in [-0.1, -0.05) is 13.8 Å². The molecule has 0 N–H and O–H groups in total. The molecule has 2 aliphatic heterocycles. The number of likely N-dealkylation sites (tertiary alicyclic amines) is 1. The van der Waals surface area contributed by atoms with E-state index < -0.39 is 47.0 Å². The normalized spacial score (nSPS) is 25.1. The lowest BCUT2D eigenvalue weighted by atomic mass is 9.82. The first-order chi connectivity index (χ1) is 12.8. The second-order valence-corrected chi connectivity index (χ2v) is 8.32. The van der Waals surface area contributed by atoms with Gasteiger partial charge in [0.1, 0.15) is 5.60 Å². The van der Waals surface area contributed by atoms with Crippen LogP contribution < -0.4 is 0 Å². The summed E-state index contributed by atoms with van der Waals surface area (Å²) in [6.45, 7) is 14.4. The van der Waals surface area contributed by atoms with Gasteiger partial charge in [-0.3, -0.25) is 14.4 Å². The minimum atomic E-state index is -1.55. The van der Waals surface area contributed by atoms with E-state index in [0.29, 0.717) is 19.4 Å². The van der Waals surface area contributed by atoms with Crippen molar-refractivity contribution in [1.82, 2.24) is 4.90 Å². The van der Waals surface area contributed by atoms with Crippen molar-refractivity contribution in [3.05, 3.63) is 0 Å². The number of ketones is 1. The van der Waals surface area contributed by atoms with E-state index in [1.165, 1.54) is 13.8 Å². The summed E-state index contributed by atoms with van der Waals surface area (Å²) in [6, 6.07) is -0.250. The molecule has 0 saturated carbocycles. The fourth-order valence-electron chi connectivity index (χ4n) is 3.21.